The number of rotatable bonds is 5. The van der Waals surface area contributed by atoms with E-state index in [1.54, 1.807) is 6.07 Å². The fraction of sp³-hybridized carbons (Fsp3) is 0.364. The second kappa shape index (κ2) is 8.82. The van der Waals surface area contributed by atoms with Gasteiger partial charge in [-0.25, -0.2) is 4.79 Å². The summed E-state index contributed by atoms with van der Waals surface area (Å²) < 4.78 is 4.86. The van der Waals surface area contributed by atoms with Crippen LogP contribution >= 0.6 is 0 Å². The molecule has 1 amide bonds. The largest absolute Gasteiger partial charge is 0.465 e. The summed E-state index contributed by atoms with van der Waals surface area (Å²) in [6.45, 7) is 6.68. The second-order valence-corrected chi connectivity index (χ2v) is 6.75. The fourth-order valence-corrected chi connectivity index (χ4v) is 3.49. The lowest BCUT2D eigenvalue weighted by molar-refractivity contribution is 0.0600. The average Bonchev–Trinajstić information content (AvgIpc) is 2.73. The molecule has 0 unspecified atom stereocenters. The van der Waals surface area contributed by atoms with E-state index in [9.17, 15) is 9.59 Å². The zero-order valence-electron chi connectivity index (χ0n) is 16.0. The van der Waals surface area contributed by atoms with Crippen LogP contribution in [-0.4, -0.2) is 61.5 Å². The SMILES string of the molecule is CCCN1CCN(C(=O)c2ccc(-c3ccccc3C(=O)OC)cc2)CC1. The lowest BCUT2D eigenvalue weighted by Gasteiger charge is -2.34. The summed E-state index contributed by atoms with van der Waals surface area (Å²) in [6.07, 6.45) is 1.14. The Labute approximate surface area is 160 Å². The molecule has 0 N–H and O–H groups in total. The zero-order chi connectivity index (χ0) is 19.2. The van der Waals surface area contributed by atoms with Gasteiger partial charge >= 0.3 is 5.97 Å². The molecule has 1 fully saturated rings. The van der Waals surface area contributed by atoms with E-state index in [1.807, 2.05) is 47.4 Å². The van der Waals surface area contributed by atoms with Crippen molar-refractivity contribution in [3.63, 3.8) is 0 Å². The van der Waals surface area contributed by atoms with E-state index in [4.69, 9.17) is 4.74 Å². The third kappa shape index (κ3) is 4.37. The molecule has 2 aromatic rings. The van der Waals surface area contributed by atoms with E-state index in [1.165, 1.54) is 7.11 Å². The number of piperazine rings is 1. The van der Waals surface area contributed by atoms with Gasteiger partial charge in [-0.2, -0.15) is 0 Å². The van der Waals surface area contributed by atoms with E-state index < -0.39 is 0 Å². The highest BCUT2D eigenvalue weighted by Gasteiger charge is 2.22. The highest BCUT2D eigenvalue weighted by Crippen LogP contribution is 2.25. The molecule has 142 valence electrons. The lowest BCUT2D eigenvalue weighted by Crippen LogP contribution is -2.48. The molecule has 5 heteroatoms. The van der Waals surface area contributed by atoms with Gasteiger partial charge < -0.3 is 9.64 Å². The monoisotopic (exact) mass is 366 g/mol. The Balaban J connectivity index is 1.73. The van der Waals surface area contributed by atoms with Crippen LogP contribution in [0.15, 0.2) is 48.5 Å². The molecular weight excluding hydrogens is 340 g/mol. The van der Waals surface area contributed by atoms with E-state index >= 15 is 0 Å². The van der Waals surface area contributed by atoms with Crippen LogP contribution in [-0.2, 0) is 4.74 Å². The van der Waals surface area contributed by atoms with Crippen molar-refractivity contribution in [2.24, 2.45) is 0 Å². The smallest absolute Gasteiger partial charge is 0.338 e. The molecule has 0 bridgehead atoms. The molecule has 2 aromatic carbocycles. The van der Waals surface area contributed by atoms with E-state index in [0.717, 1.165) is 50.3 Å². The molecule has 3 rings (SSSR count). The lowest BCUT2D eigenvalue weighted by atomic mass is 9.98. The highest BCUT2D eigenvalue weighted by atomic mass is 16.5. The van der Waals surface area contributed by atoms with Crippen molar-refractivity contribution >= 4 is 11.9 Å². The van der Waals surface area contributed by atoms with E-state index in [2.05, 4.69) is 11.8 Å². The molecule has 5 nitrogen and oxygen atoms in total. The van der Waals surface area contributed by atoms with Crippen molar-refractivity contribution in [2.75, 3.05) is 39.8 Å². The first-order valence-electron chi connectivity index (χ1n) is 9.43. The number of hydrogen-bond acceptors (Lipinski definition) is 4. The Morgan fingerprint density at radius 3 is 2.26 bits per heavy atom. The maximum atomic E-state index is 12.8. The van der Waals surface area contributed by atoms with Gasteiger partial charge in [0.05, 0.1) is 12.7 Å². The van der Waals surface area contributed by atoms with E-state index in [-0.39, 0.29) is 11.9 Å². The first-order valence-corrected chi connectivity index (χ1v) is 9.43. The summed E-state index contributed by atoms with van der Waals surface area (Å²) in [5.74, 6) is -0.297. The van der Waals surface area contributed by atoms with Crippen LogP contribution in [0.3, 0.4) is 0 Å². The van der Waals surface area contributed by atoms with Crippen molar-refractivity contribution < 1.29 is 14.3 Å². The maximum absolute atomic E-state index is 12.8. The Morgan fingerprint density at radius 1 is 0.963 bits per heavy atom. The summed E-state index contributed by atoms with van der Waals surface area (Å²) in [7, 11) is 1.38. The Morgan fingerprint density at radius 2 is 1.63 bits per heavy atom. The topological polar surface area (TPSA) is 49.9 Å². The van der Waals surface area contributed by atoms with Gasteiger partial charge in [-0.1, -0.05) is 37.3 Å². The molecule has 0 aromatic heterocycles. The molecule has 1 aliphatic heterocycles. The van der Waals surface area contributed by atoms with Crippen molar-refractivity contribution in [1.82, 2.24) is 9.80 Å². The van der Waals surface area contributed by atoms with Crippen molar-refractivity contribution in [3.05, 3.63) is 59.7 Å². The number of benzene rings is 2. The Bertz CT molecular complexity index is 793. The molecule has 0 aliphatic carbocycles. The standard InChI is InChI=1S/C22H26N2O3/c1-3-12-23-13-15-24(16-14-23)21(25)18-10-8-17(9-11-18)19-6-4-5-7-20(19)22(26)27-2/h4-11H,3,12-16H2,1-2H3. The predicted octanol–water partition coefficient (Wildman–Crippen LogP) is 3.31. The first kappa shape index (κ1) is 19.1. The quantitative estimate of drug-likeness (QED) is 0.762. The third-order valence-electron chi connectivity index (χ3n) is 4.97. The van der Waals surface area contributed by atoms with Crippen LogP contribution in [0.5, 0.6) is 0 Å². The summed E-state index contributed by atoms with van der Waals surface area (Å²) in [6, 6.07) is 14.8. The number of carbonyl (C=O) groups excluding carboxylic acids is 2. The van der Waals surface area contributed by atoms with Gasteiger partial charge in [-0.15, -0.1) is 0 Å². The van der Waals surface area contributed by atoms with Gasteiger partial charge in [0.15, 0.2) is 0 Å². The minimum Gasteiger partial charge on any atom is -0.465 e. The minimum absolute atomic E-state index is 0.0685. The van der Waals surface area contributed by atoms with Gasteiger partial charge in [0, 0.05) is 31.7 Å². The number of ether oxygens (including phenoxy) is 1. The minimum atomic E-state index is -0.365. The number of nitrogens with zero attached hydrogens (tertiary/aromatic N) is 2. The van der Waals surface area contributed by atoms with Crippen LogP contribution < -0.4 is 0 Å². The van der Waals surface area contributed by atoms with Crippen LogP contribution in [0.4, 0.5) is 0 Å². The summed E-state index contributed by atoms with van der Waals surface area (Å²) in [5.41, 5.74) is 2.89. The number of esters is 1. The molecule has 0 radical (unpaired) electrons. The zero-order valence-corrected chi connectivity index (χ0v) is 16.0. The van der Waals surface area contributed by atoms with Crippen molar-refractivity contribution in [1.29, 1.82) is 0 Å². The van der Waals surface area contributed by atoms with Gasteiger partial charge in [0.2, 0.25) is 0 Å². The molecule has 1 saturated heterocycles. The van der Waals surface area contributed by atoms with Gasteiger partial charge in [0.1, 0.15) is 0 Å². The maximum Gasteiger partial charge on any atom is 0.338 e. The first-order chi connectivity index (χ1) is 13.1. The van der Waals surface area contributed by atoms with Crippen LogP contribution in [0, 0.1) is 0 Å². The van der Waals surface area contributed by atoms with Gasteiger partial charge in [0.25, 0.3) is 5.91 Å². The average molecular weight is 366 g/mol. The van der Waals surface area contributed by atoms with E-state index in [0.29, 0.717) is 11.1 Å². The van der Waals surface area contributed by atoms with Crippen LogP contribution in [0.1, 0.15) is 34.1 Å². The third-order valence-corrected chi connectivity index (χ3v) is 4.97. The van der Waals surface area contributed by atoms with Crippen LogP contribution in [0.25, 0.3) is 11.1 Å². The normalized spacial score (nSPS) is 14.8. The Kier molecular flexibility index (Phi) is 6.24. The number of carbonyl (C=O) groups is 2. The molecule has 27 heavy (non-hydrogen) atoms. The number of methoxy groups -OCH3 is 1. The molecular formula is C22H26N2O3. The molecule has 1 heterocycles. The van der Waals surface area contributed by atoms with Crippen molar-refractivity contribution in [2.45, 2.75) is 13.3 Å². The van der Waals surface area contributed by atoms with Gasteiger partial charge in [-0.05, 0) is 42.3 Å². The predicted molar refractivity (Wildman–Crippen MR) is 106 cm³/mol. The second-order valence-electron chi connectivity index (χ2n) is 6.75. The number of amides is 1. The van der Waals surface area contributed by atoms with Gasteiger partial charge in [-0.3, -0.25) is 9.69 Å². The molecule has 0 saturated carbocycles. The Hall–Kier alpha value is -2.66. The highest BCUT2D eigenvalue weighted by molar-refractivity contribution is 5.98. The van der Waals surface area contributed by atoms with Crippen LogP contribution in [0.2, 0.25) is 0 Å². The fourth-order valence-electron chi connectivity index (χ4n) is 3.49. The summed E-state index contributed by atoms with van der Waals surface area (Å²) in [4.78, 5) is 29.1. The molecule has 0 spiro atoms. The molecule has 1 aliphatic rings. The molecule has 0 atom stereocenters. The summed E-state index contributed by atoms with van der Waals surface area (Å²) >= 11 is 0. The van der Waals surface area contributed by atoms with Crippen molar-refractivity contribution in [3.8, 4) is 11.1 Å². The summed E-state index contributed by atoms with van der Waals surface area (Å²) in [5, 5.41) is 0. The number of hydrogen-bond donors (Lipinski definition) is 0.